The number of nitrogens with two attached hydrogens (primary N) is 1. The molecule has 1 heterocycles. The maximum Gasteiger partial charge on any atom is 0.255 e. The monoisotopic (exact) mass is 555 g/mol. The third-order valence-corrected chi connectivity index (χ3v) is 9.28. The zero-order valence-electron chi connectivity index (χ0n) is 23.2. The fraction of sp³-hybridized carbons (Fsp3) is 0.552. The molecular formula is C29H37N3O8. The normalized spacial score (nSPS) is 30.8. The number of likely N-dealkylation sites (N-methyl/N-ethyl adjacent to an activating group) is 1. The molecule has 216 valence electrons. The lowest BCUT2D eigenvalue weighted by Gasteiger charge is -2.50. The van der Waals surface area contributed by atoms with E-state index in [0.29, 0.717) is 11.3 Å². The maximum atomic E-state index is 13.9. The summed E-state index contributed by atoms with van der Waals surface area (Å²) in [4.78, 5) is 43.4. The number of methoxy groups -OCH3 is 1. The zero-order chi connectivity index (χ0) is 29.3. The van der Waals surface area contributed by atoms with Crippen molar-refractivity contribution in [3.8, 4) is 11.5 Å². The lowest BCUT2D eigenvalue weighted by Crippen LogP contribution is -2.63. The van der Waals surface area contributed by atoms with Gasteiger partial charge in [-0.05, 0) is 64.9 Å². The van der Waals surface area contributed by atoms with Crippen LogP contribution in [0.25, 0.3) is 0 Å². The van der Waals surface area contributed by atoms with Crippen LogP contribution in [0.5, 0.6) is 11.5 Å². The molecule has 0 radical (unpaired) electrons. The average molecular weight is 556 g/mol. The van der Waals surface area contributed by atoms with Crippen LogP contribution in [-0.4, -0.2) is 93.6 Å². The standard InChI is InChI=1S/C29H37N3O8/c1-5-32-9-7-6-8-17(32)14-12-18(33)20-15(25(14)40-4)10-13-11-16-22(31(2)3)24(35)21(28(30)38)27(37)29(16,39)26(36)19(13)23(20)34/h12-13,16-17,22,33,35-36,39H,5-11H2,1-4H3,(H2,30,38)/t13-,16-,17?,22-,29-/m0/s1. The van der Waals surface area contributed by atoms with Gasteiger partial charge in [-0.1, -0.05) is 13.3 Å². The number of primary amides is 1. The number of benzene rings is 1. The Hall–Kier alpha value is -3.41. The highest BCUT2D eigenvalue weighted by atomic mass is 16.5. The van der Waals surface area contributed by atoms with Crippen LogP contribution in [0, 0.1) is 11.8 Å². The smallest absolute Gasteiger partial charge is 0.255 e. The maximum absolute atomic E-state index is 13.9. The second-order valence-corrected chi connectivity index (χ2v) is 11.5. The number of phenolic OH excluding ortho intramolecular Hbond substituents is 1. The molecule has 0 saturated carbocycles. The van der Waals surface area contributed by atoms with Crippen molar-refractivity contribution < 1.29 is 39.5 Å². The number of carbonyl (C=O) groups excluding carboxylic acids is 3. The highest BCUT2D eigenvalue weighted by molar-refractivity contribution is 6.24. The number of aromatic hydroxyl groups is 1. The van der Waals surface area contributed by atoms with Crippen molar-refractivity contribution in [1.82, 2.24) is 9.80 Å². The van der Waals surface area contributed by atoms with Crippen LogP contribution in [0.4, 0.5) is 0 Å². The van der Waals surface area contributed by atoms with Gasteiger partial charge < -0.3 is 30.9 Å². The Labute approximate surface area is 232 Å². The third kappa shape index (κ3) is 3.78. The average Bonchev–Trinajstić information content (AvgIpc) is 2.90. The van der Waals surface area contributed by atoms with E-state index in [9.17, 15) is 34.8 Å². The summed E-state index contributed by atoms with van der Waals surface area (Å²) >= 11 is 0. The largest absolute Gasteiger partial charge is 0.510 e. The molecule has 3 aliphatic carbocycles. The summed E-state index contributed by atoms with van der Waals surface area (Å²) in [6.07, 6.45) is 3.20. The van der Waals surface area contributed by atoms with Crippen molar-refractivity contribution in [3.63, 3.8) is 0 Å². The minimum atomic E-state index is -2.66. The molecule has 11 heteroatoms. The van der Waals surface area contributed by atoms with Crippen molar-refractivity contribution in [3.05, 3.63) is 45.4 Å². The molecule has 1 aliphatic heterocycles. The third-order valence-electron chi connectivity index (χ3n) is 9.28. The van der Waals surface area contributed by atoms with E-state index in [-0.39, 0.29) is 35.8 Å². The summed E-state index contributed by atoms with van der Waals surface area (Å²) in [7, 11) is 4.73. The fourth-order valence-electron chi connectivity index (χ4n) is 7.54. The Kier molecular flexibility index (Phi) is 6.96. The highest BCUT2D eigenvalue weighted by Gasteiger charge is 2.63. The van der Waals surface area contributed by atoms with E-state index in [1.165, 1.54) is 12.0 Å². The summed E-state index contributed by atoms with van der Waals surface area (Å²) in [5, 5.41) is 45.3. The van der Waals surface area contributed by atoms with E-state index < -0.39 is 58.0 Å². The molecule has 1 aromatic rings. The van der Waals surface area contributed by atoms with Gasteiger partial charge in [-0.25, -0.2) is 0 Å². The fourth-order valence-corrected chi connectivity index (χ4v) is 7.54. The molecule has 6 N–H and O–H groups in total. The number of phenols is 1. The minimum absolute atomic E-state index is 0.00480. The van der Waals surface area contributed by atoms with Crippen LogP contribution < -0.4 is 10.5 Å². The molecule has 0 bridgehead atoms. The number of carbonyl (C=O) groups is 3. The molecular weight excluding hydrogens is 518 g/mol. The Morgan fingerprint density at radius 2 is 1.93 bits per heavy atom. The number of hydrogen-bond acceptors (Lipinski definition) is 10. The van der Waals surface area contributed by atoms with E-state index in [4.69, 9.17) is 10.5 Å². The lowest BCUT2D eigenvalue weighted by atomic mass is 9.58. The summed E-state index contributed by atoms with van der Waals surface area (Å²) in [5.41, 5.74) is 2.98. The van der Waals surface area contributed by atoms with Gasteiger partial charge in [0.05, 0.1) is 18.7 Å². The zero-order valence-corrected chi connectivity index (χ0v) is 23.2. The number of piperidine rings is 1. The molecule has 5 rings (SSSR count). The molecule has 1 amide bonds. The predicted molar refractivity (Wildman–Crippen MR) is 144 cm³/mol. The van der Waals surface area contributed by atoms with Gasteiger partial charge in [0, 0.05) is 28.7 Å². The lowest BCUT2D eigenvalue weighted by molar-refractivity contribution is -0.148. The van der Waals surface area contributed by atoms with Gasteiger partial charge in [0.2, 0.25) is 5.78 Å². The number of ether oxygens (including phenoxy) is 1. The number of amides is 1. The summed E-state index contributed by atoms with van der Waals surface area (Å²) in [6, 6.07) is 0.518. The first-order valence-electron chi connectivity index (χ1n) is 13.7. The molecule has 1 saturated heterocycles. The topological polar surface area (TPSA) is 174 Å². The van der Waals surface area contributed by atoms with E-state index in [1.54, 1.807) is 20.2 Å². The molecule has 1 aromatic carbocycles. The highest BCUT2D eigenvalue weighted by Crippen LogP contribution is 2.54. The van der Waals surface area contributed by atoms with Crippen LogP contribution in [-0.2, 0) is 16.0 Å². The number of fused-ring (bicyclic) bond motifs is 3. The van der Waals surface area contributed by atoms with E-state index in [1.807, 2.05) is 0 Å². The number of aliphatic hydroxyl groups is 3. The molecule has 1 unspecified atom stereocenters. The van der Waals surface area contributed by atoms with Crippen LogP contribution in [0.2, 0.25) is 0 Å². The van der Waals surface area contributed by atoms with Crippen LogP contribution in [0.3, 0.4) is 0 Å². The molecule has 4 aliphatic rings. The van der Waals surface area contributed by atoms with E-state index in [2.05, 4.69) is 11.8 Å². The van der Waals surface area contributed by atoms with Crippen molar-refractivity contribution in [1.29, 1.82) is 0 Å². The Morgan fingerprint density at radius 1 is 1.23 bits per heavy atom. The number of allylic oxidation sites excluding steroid dienone is 1. The summed E-state index contributed by atoms with van der Waals surface area (Å²) in [6.45, 7) is 3.81. The van der Waals surface area contributed by atoms with E-state index in [0.717, 1.165) is 37.9 Å². The second-order valence-electron chi connectivity index (χ2n) is 11.5. The Morgan fingerprint density at radius 3 is 2.52 bits per heavy atom. The van der Waals surface area contributed by atoms with Crippen molar-refractivity contribution in [2.45, 2.75) is 56.7 Å². The Balaban J connectivity index is 1.69. The number of ketones is 2. The number of nitrogens with zero attached hydrogens (tertiary/aromatic N) is 2. The van der Waals surface area contributed by atoms with Gasteiger partial charge in [0.15, 0.2) is 11.4 Å². The number of aliphatic hydroxyl groups excluding tert-OH is 2. The van der Waals surface area contributed by atoms with Gasteiger partial charge in [-0.15, -0.1) is 0 Å². The van der Waals surface area contributed by atoms with Crippen molar-refractivity contribution in [2.75, 3.05) is 34.3 Å². The molecule has 1 fully saturated rings. The summed E-state index contributed by atoms with van der Waals surface area (Å²) < 4.78 is 5.88. The van der Waals surface area contributed by atoms with Gasteiger partial charge in [-0.2, -0.15) is 0 Å². The SMILES string of the molecule is CCN1CCCCC1c1cc(O)c2c(c1OC)C[C@H]1C[C@H]3[C@H](N(C)C)C(O)=C(C(N)=O)C(=O)[C@@]3(O)C(O)=C1C2=O. The first-order valence-corrected chi connectivity index (χ1v) is 13.7. The van der Waals surface area contributed by atoms with Crippen molar-refractivity contribution in [2.24, 2.45) is 17.6 Å². The molecule has 40 heavy (non-hydrogen) atoms. The van der Waals surface area contributed by atoms with Gasteiger partial charge >= 0.3 is 0 Å². The molecule has 5 atom stereocenters. The number of hydrogen-bond donors (Lipinski definition) is 5. The molecule has 0 spiro atoms. The first kappa shape index (κ1) is 28.1. The van der Waals surface area contributed by atoms with E-state index >= 15 is 0 Å². The second kappa shape index (κ2) is 9.90. The van der Waals surface area contributed by atoms with Gasteiger partial charge in [0.1, 0.15) is 28.6 Å². The molecule has 0 aromatic heterocycles. The Bertz CT molecular complexity index is 1370. The quantitative estimate of drug-likeness (QED) is 0.336. The first-order chi connectivity index (χ1) is 18.9. The van der Waals surface area contributed by atoms with Crippen LogP contribution >= 0.6 is 0 Å². The number of likely N-dealkylation sites (tertiary alicyclic amines) is 1. The van der Waals surface area contributed by atoms with Gasteiger partial charge in [0.25, 0.3) is 5.91 Å². The van der Waals surface area contributed by atoms with Crippen LogP contribution in [0.1, 0.15) is 60.1 Å². The van der Waals surface area contributed by atoms with Crippen molar-refractivity contribution >= 4 is 17.5 Å². The minimum Gasteiger partial charge on any atom is -0.510 e. The van der Waals surface area contributed by atoms with Gasteiger partial charge in [-0.3, -0.25) is 24.2 Å². The summed E-state index contributed by atoms with van der Waals surface area (Å²) in [5.74, 6) is -6.17. The predicted octanol–water partition coefficient (Wildman–Crippen LogP) is 1.68. The number of rotatable bonds is 5. The molecule has 11 nitrogen and oxygen atoms in total. The van der Waals surface area contributed by atoms with Crippen LogP contribution in [0.15, 0.2) is 28.7 Å². The number of Topliss-reactive ketones (excluding diaryl/α,β-unsaturated/α-hetero) is 2.